The van der Waals surface area contributed by atoms with Gasteiger partial charge in [0.25, 0.3) is 0 Å². The second kappa shape index (κ2) is 8.11. The number of carboxylic acid groups (broad SMARTS) is 1. The summed E-state index contributed by atoms with van der Waals surface area (Å²) in [4.78, 5) is 23.0. The molecule has 0 unspecified atom stereocenters. The van der Waals surface area contributed by atoms with Crippen molar-refractivity contribution in [3.63, 3.8) is 0 Å². The SMILES string of the molecule is CCCOCC(=O)Nc1cc(OC)c(OC)cc1C(=O)O. The zero-order chi connectivity index (χ0) is 15.8. The molecule has 1 aromatic carbocycles. The van der Waals surface area contributed by atoms with Gasteiger partial charge in [0.1, 0.15) is 6.61 Å². The first-order chi connectivity index (χ1) is 10.0. The predicted octanol–water partition coefficient (Wildman–Crippen LogP) is 1.77. The third-order valence-electron chi connectivity index (χ3n) is 2.61. The fourth-order valence-corrected chi connectivity index (χ4v) is 1.65. The molecule has 7 heteroatoms. The molecule has 1 amide bonds. The lowest BCUT2D eigenvalue weighted by Crippen LogP contribution is -2.20. The molecule has 0 aliphatic heterocycles. The molecule has 0 radical (unpaired) electrons. The molecule has 0 aromatic heterocycles. The van der Waals surface area contributed by atoms with Crippen molar-refractivity contribution in [3.8, 4) is 11.5 Å². The van der Waals surface area contributed by atoms with Crippen LogP contribution in [0.3, 0.4) is 0 Å². The van der Waals surface area contributed by atoms with E-state index in [0.717, 1.165) is 6.42 Å². The molecule has 21 heavy (non-hydrogen) atoms. The average molecular weight is 297 g/mol. The van der Waals surface area contributed by atoms with E-state index in [4.69, 9.17) is 14.2 Å². The minimum Gasteiger partial charge on any atom is -0.493 e. The van der Waals surface area contributed by atoms with E-state index < -0.39 is 11.9 Å². The third kappa shape index (κ3) is 4.64. The van der Waals surface area contributed by atoms with Crippen LogP contribution in [0.5, 0.6) is 11.5 Å². The summed E-state index contributed by atoms with van der Waals surface area (Å²) < 4.78 is 15.2. The van der Waals surface area contributed by atoms with Gasteiger partial charge >= 0.3 is 5.97 Å². The molecule has 1 aromatic rings. The van der Waals surface area contributed by atoms with Crippen LogP contribution in [-0.2, 0) is 9.53 Å². The molecule has 7 nitrogen and oxygen atoms in total. The van der Waals surface area contributed by atoms with E-state index in [2.05, 4.69) is 5.32 Å². The Labute approximate surface area is 122 Å². The van der Waals surface area contributed by atoms with E-state index >= 15 is 0 Å². The molecule has 0 bridgehead atoms. The normalized spacial score (nSPS) is 10.0. The Morgan fingerprint density at radius 1 is 1.19 bits per heavy atom. The summed E-state index contributed by atoms with van der Waals surface area (Å²) in [7, 11) is 2.83. The Kier molecular flexibility index (Phi) is 6.48. The van der Waals surface area contributed by atoms with Gasteiger partial charge in [0.15, 0.2) is 11.5 Å². The summed E-state index contributed by atoms with van der Waals surface area (Å²) >= 11 is 0. The van der Waals surface area contributed by atoms with Gasteiger partial charge in [-0.3, -0.25) is 4.79 Å². The first kappa shape index (κ1) is 16.8. The molecule has 116 valence electrons. The van der Waals surface area contributed by atoms with Crippen LogP contribution in [0, 0.1) is 0 Å². The average Bonchev–Trinajstić information content (AvgIpc) is 2.46. The van der Waals surface area contributed by atoms with Crippen LogP contribution in [0.1, 0.15) is 23.7 Å². The number of aromatic carboxylic acids is 1. The van der Waals surface area contributed by atoms with Crippen LogP contribution in [0.25, 0.3) is 0 Å². The number of anilines is 1. The Morgan fingerprint density at radius 3 is 2.33 bits per heavy atom. The minimum atomic E-state index is -1.18. The highest BCUT2D eigenvalue weighted by Crippen LogP contribution is 2.33. The fourth-order valence-electron chi connectivity index (χ4n) is 1.65. The fraction of sp³-hybridized carbons (Fsp3) is 0.429. The van der Waals surface area contributed by atoms with Crippen molar-refractivity contribution in [2.24, 2.45) is 0 Å². The quantitative estimate of drug-likeness (QED) is 0.710. The number of nitrogens with one attached hydrogen (secondary N) is 1. The molecule has 0 aliphatic carbocycles. The van der Waals surface area contributed by atoms with Gasteiger partial charge < -0.3 is 24.6 Å². The van der Waals surface area contributed by atoms with Crippen molar-refractivity contribution >= 4 is 17.6 Å². The highest BCUT2D eigenvalue weighted by atomic mass is 16.5. The van der Waals surface area contributed by atoms with Gasteiger partial charge in [-0.05, 0) is 6.42 Å². The van der Waals surface area contributed by atoms with Crippen molar-refractivity contribution in [1.82, 2.24) is 0 Å². The van der Waals surface area contributed by atoms with Crippen LogP contribution in [0.2, 0.25) is 0 Å². The lowest BCUT2D eigenvalue weighted by molar-refractivity contribution is -0.120. The smallest absolute Gasteiger partial charge is 0.337 e. The summed E-state index contributed by atoms with van der Waals surface area (Å²) in [5.41, 5.74) is 0.0433. The molecule has 0 aliphatic rings. The molecule has 1 rings (SSSR count). The van der Waals surface area contributed by atoms with E-state index in [9.17, 15) is 14.7 Å². The van der Waals surface area contributed by atoms with Gasteiger partial charge in [0.05, 0.1) is 25.5 Å². The summed E-state index contributed by atoms with van der Waals surface area (Å²) in [6.45, 7) is 2.25. The van der Waals surface area contributed by atoms with Crippen molar-refractivity contribution in [1.29, 1.82) is 0 Å². The molecule has 0 saturated carbocycles. The van der Waals surface area contributed by atoms with Crippen molar-refractivity contribution < 1.29 is 28.9 Å². The Hall–Kier alpha value is -2.28. The molecule has 0 saturated heterocycles. The predicted molar refractivity (Wildman–Crippen MR) is 76.2 cm³/mol. The Morgan fingerprint density at radius 2 is 1.81 bits per heavy atom. The number of hydrogen-bond donors (Lipinski definition) is 2. The van der Waals surface area contributed by atoms with Crippen molar-refractivity contribution in [3.05, 3.63) is 17.7 Å². The first-order valence-corrected chi connectivity index (χ1v) is 6.40. The first-order valence-electron chi connectivity index (χ1n) is 6.40. The van der Waals surface area contributed by atoms with E-state index in [1.807, 2.05) is 6.92 Å². The second-order valence-corrected chi connectivity index (χ2v) is 4.16. The number of rotatable bonds is 8. The summed E-state index contributed by atoms with van der Waals surface area (Å²) in [5.74, 6) is -1.01. The largest absolute Gasteiger partial charge is 0.493 e. The monoisotopic (exact) mass is 297 g/mol. The van der Waals surface area contributed by atoms with Crippen molar-refractivity contribution in [2.45, 2.75) is 13.3 Å². The lowest BCUT2D eigenvalue weighted by Gasteiger charge is -2.13. The maximum atomic E-state index is 11.7. The number of benzene rings is 1. The second-order valence-electron chi connectivity index (χ2n) is 4.16. The van der Waals surface area contributed by atoms with Gasteiger partial charge in [0.2, 0.25) is 5.91 Å². The van der Waals surface area contributed by atoms with E-state index in [1.165, 1.54) is 26.4 Å². The van der Waals surface area contributed by atoms with Crippen LogP contribution in [-0.4, -0.2) is 44.4 Å². The number of carbonyl (C=O) groups excluding carboxylic acids is 1. The van der Waals surface area contributed by atoms with Gasteiger partial charge in [-0.1, -0.05) is 6.92 Å². The number of amides is 1. The highest BCUT2D eigenvalue weighted by molar-refractivity contribution is 6.01. The summed E-state index contributed by atoms with van der Waals surface area (Å²) in [6, 6.07) is 2.70. The van der Waals surface area contributed by atoms with E-state index in [-0.39, 0.29) is 23.6 Å². The number of carboxylic acids is 1. The lowest BCUT2D eigenvalue weighted by atomic mass is 10.1. The zero-order valence-corrected chi connectivity index (χ0v) is 12.3. The third-order valence-corrected chi connectivity index (χ3v) is 2.61. The maximum Gasteiger partial charge on any atom is 0.337 e. The molecular formula is C14H19NO6. The number of methoxy groups -OCH3 is 2. The van der Waals surface area contributed by atoms with Gasteiger partial charge in [0, 0.05) is 18.7 Å². The molecule has 0 spiro atoms. The highest BCUT2D eigenvalue weighted by Gasteiger charge is 2.17. The standard InChI is InChI=1S/C14H19NO6/c1-4-5-21-8-13(16)15-10-7-12(20-3)11(19-2)6-9(10)14(17)18/h6-7H,4-5,8H2,1-3H3,(H,15,16)(H,17,18). The van der Waals surface area contributed by atoms with Gasteiger partial charge in [-0.15, -0.1) is 0 Å². The number of carbonyl (C=O) groups is 2. The van der Waals surface area contributed by atoms with Crippen LogP contribution >= 0.6 is 0 Å². The van der Waals surface area contributed by atoms with Crippen LogP contribution in [0.15, 0.2) is 12.1 Å². The molecule has 0 fully saturated rings. The van der Waals surface area contributed by atoms with E-state index in [0.29, 0.717) is 12.4 Å². The van der Waals surface area contributed by atoms with Crippen LogP contribution < -0.4 is 14.8 Å². The maximum absolute atomic E-state index is 11.7. The van der Waals surface area contributed by atoms with Gasteiger partial charge in [-0.2, -0.15) is 0 Å². The minimum absolute atomic E-state index is 0.0866. The zero-order valence-electron chi connectivity index (χ0n) is 12.3. The summed E-state index contributed by atoms with van der Waals surface area (Å²) in [5, 5.41) is 11.7. The van der Waals surface area contributed by atoms with E-state index in [1.54, 1.807) is 0 Å². The molecule has 0 atom stereocenters. The number of hydrogen-bond acceptors (Lipinski definition) is 5. The molecule has 2 N–H and O–H groups in total. The number of ether oxygens (including phenoxy) is 3. The molecule has 0 heterocycles. The summed E-state index contributed by atoms with van der Waals surface area (Å²) in [6.07, 6.45) is 0.796. The Balaban J connectivity index is 2.98. The van der Waals surface area contributed by atoms with Crippen LogP contribution in [0.4, 0.5) is 5.69 Å². The van der Waals surface area contributed by atoms with Gasteiger partial charge in [-0.25, -0.2) is 4.79 Å². The topological polar surface area (TPSA) is 94.1 Å². The van der Waals surface area contributed by atoms with Crippen molar-refractivity contribution in [2.75, 3.05) is 32.8 Å². The Bertz CT molecular complexity index is 514. The molecular weight excluding hydrogens is 278 g/mol.